The maximum absolute atomic E-state index is 11.8. The zero-order valence-corrected chi connectivity index (χ0v) is 16.5. The van der Waals surface area contributed by atoms with Crippen LogP contribution in [-0.4, -0.2) is 24.7 Å². The zero-order chi connectivity index (χ0) is 20.6. The van der Waals surface area contributed by atoms with Gasteiger partial charge in [0.25, 0.3) is 0 Å². The Bertz CT molecular complexity index is 798. The van der Waals surface area contributed by atoms with Crippen molar-refractivity contribution in [2.45, 2.75) is 52.5 Å². The van der Waals surface area contributed by atoms with Gasteiger partial charge in [-0.2, -0.15) is 5.26 Å². The lowest BCUT2D eigenvalue weighted by Crippen LogP contribution is -2.39. The van der Waals surface area contributed by atoms with Crippen molar-refractivity contribution >= 4 is 18.6 Å². The molecule has 1 aromatic rings. The summed E-state index contributed by atoms with van der Waals surface area (Å²) in [5.41, 5.74) is 7.33. The average Bonchev–Trinajstić information content (AvgIpc) is 2.63. The molecule has 3 N–H and O–H groups in total. The Labute approximate surface area is 160 Å². The van der Waals surface area contributed by atoms with Gasteiger partial charge in [-0.1, -0.05) is 27.7 Å². The average molecular weight is 369 g/mol. The maximum atomic E-state index is 11.8. The van der Waals surface area contributed by atoms with Crippen LogP contribution in [0.5, 0.6) is 5.75 Å². The topological polar surface area (TPSA) is 113 Å². The third-order valence-corrected chi connectivity index (χ3v) is 3.72. The van der Waals surface area contributed by atoms with Crippen LogP contribution < -0.4 is 15.8 Å². The number of amides is 1. The second kappa shape index (κ2) is 9.64. The van der Waals surface area contributed by atoms with E-state index in [1.807, 2.05) is 27.7 Å². The molecule has 7 nitrogen and oxygen atoms in total. The summed E-state index contributed by atoms with van der Waals surface area (Å²) in [6, 6.07) is 6.73. The van der Waals surface area contributed by atoms with Gasteiger partial charge in [-0.25, -0.2) is 9.98 Å². The van der Waals surface area contributed by atoms with Gasteiger partial charge in [0.1, 0.15) is 5.75 Å². The molecular formula is C20H27N5O2. The third-order valence-electron chi connectivity index (χ3n) is 3.72. The van der Waals surface area contributed by atoms with E-state index < -0.39 is 6.04 Å². The molecule has 0 bridgehead atoms. The van der Waals surface area contributed by atoms with Gasteiger partial charge in [0.05, 0.1) is 23.9 Å². The molecule has 1 atom stereocenters. The molecule has 0 unspecified atom stereocenters. The number of carbonyl (C=O) groups excluding carboxylic acids is 1. The van der Waals surface area contributed by atoms with Crippen LogP contribution in [0.25, 0.3) is 0 Å². The molecule has 0 saturated heterocycles. The van der Waals surface area contributed by atoms with Gasteiger partial charge in [-0.05, 0) is 43.7 Å². The van der Waals surface area contributed by atoms with Crippen LogP contribution in [0.4, 0.5) is 0 Å². The summed E-state index contributed by atoms with van der Waals surface area (Å²) in [4.78, 5) is 19.7. The van der Waals surface area contributed by atoms with E-state index in [-0.39, 0.29) is 17.3 Å². The summed E-state index contributed by atoms with van der Waals surface area (Å²) >= 11 is 0. The van der Waals surface area contributed by atoms with E-state index in [9.17, 15) is 4.79 Å². The molecule has 0 saturated carbocycles. The predicted molar refractivity (Wildman–Crippen MR) is 108 cm³/mol. The molecule has 0 aromatic heterocycles. The number of benzene rings is 1. The Kier molecular flexibility index (Phi) is 7.88. The molecule has 0 heterocycles. The largest absolute Gasteiger partial charge is 0.424 e. The molecule has 1 amide bonds. The summed E-state index contributed by atoms with van der Waals surface area (Å²) in [7, 11) is 0. The number of rotatable bonds is 5. The lowest BCUT2D eigenvalue weighted by molar-refractivity contribution is -0.121. The normalized spacial score (nSPS) is 13.5. The predicted octanol–water partition coefficient (Wildman–Crippen LogP) is 3.01. The zero-order valence-electron chi connectivity index (χ0n) is 16.5. The number of hydrogen-bond donors (Lipinski definition) is 2. The molecule has 1 rings (SSSR count). The summed E-state index contributed by atoms with van der Waals surface area (Å²) in [6.45, 7) is 13.0. The number of hydrogen-bond acceptors (Lipinski definition) is 5. The highest BCUT2D eigenvalue weighted by Crippen LogP contribution is 2.32. The first kappa shape index (κ1) is 22.1. The minimum atomic E-state index is -0.571. The van der Waals surface area contributed by atoms with E-state index in [2.05, 4.69) is 28.1 Å². The Balaban J connectivity index is 3.07. The number of carbonyl (C=O) groups is 1. The number of amidine groups is 1. The molecular weight excluding hydrogens is 342 g/mol. The number of nitrogens with two attached hydrogens (primary N) is 1. The minimum absolute atomic E-state index is 0.0265. The molecule has 0 aliphatic heterocycles. The minimum Gasteiger partial charge on any atom is -0.424 e. The quantitative estimate of drug-likeness (QED) is 0.613. The van der Waals surface area contributed by atoms with E-state index in [0.717, 1.165) is 5.56 Å². The van der Waals surface area contributed by atoms with Gasteiger partial charge < -0.3 is 15.8 Å². The number of nitrogens with zero attached hydrogens (tertiary/aromatic N) is 3. The molecule has 0 radical (unpaired) electrons. The number of nitrogens with one attached hydrogen (secondary N) is 1. The van der Waals surface area contributed by atoms with Gasteiger partial charge >= 0.3 is 6.02 Å². The molecule has 0 aliphatic rings. The van der Waals surface area contributed by atoms with Crippen molar-refractivity contribution in [3.05, 3.63) is 41.2 Å². The van der Waals surface area contributed by atoms with Crippen molar-refractivity contribution in [3.63, 3.8) is 0 Å². The Morgan fingerprint density at radius 2 is 2.15 bits per heavy atom. The van der Waals surface area contributed by atoms with Crippen LogP contribution in [0, 0.1) is 11.3 Å². The maximum Gasteiger partial charge on any atom is 0.321 e. The van der Waals surface area contributed by atoms with E-state index in [0.29, 0.717) is 23.4 Å². The second-order valence-corrected chi connectivity index (χ2v) is 7.06. The van der Waals surface area contributed by atoms with Crippen LogP contribution in [0.2, 0.25) is 0 Å². The molecule has 144 valence electrons. The first-order valence-electron chi connectivity index (χ1n) is 8.62. The fourth-order valence-electron chi connectivity index (χ4n) is 2.13. The summed E-state index contributed by atoms with van der Waals surface area (Å²) < 4.78 is 5.77. The van der Waals surface area contributed by atoms with Crippen LogP contribution in [-0.2, 0) is 10.2 Å². The van der Waals surface area contributed by atoms with Crippen molar-refractivity contribution in [1.29, 1.82) is 5.26 Å². The number of allylic oxidation sites excluding steroid dienone is 1. The van der Waals surface area contributed by atoms with Gasteiger partial charge in [0.2, 0.25) is 5.91 Å². The van der Waals surface area contributed by atoms with Crippen molar-refractivity contribution in [2.24, 2.45) is 15.7 Å². The number of ether oxygens (including phenoxy) is 1. The fourth-order valence-corrected chi connectivity index (χ4v) is 2.13. The Morgan fingerprint density at radius 1 is 1.48 bits per heavy atom. The van der Waals surface area contributed by atoms with Gasteiger partial charge in [-0.3, -0.25) is 4.79 Å². The van der Waals surface area contributed by atoms with Crippen molar-refractivity contribution in [2.75, 3.05) is 0 Å². The third kappa shape index (κ3) is 6.68. The van der Waals surface area contributed by atoms with Crippen LogP contribution in [0.3, 0.4) is 0 Å². The first-order valence-corrected chi connectivity index (χ1v) is 8.62. The van der Waals surface area contributed by atoms with Crippen LogP contribution >= 0.6 is 0 Å². The summed E-state index contributed by atoms with van der Waals surface area (Å²) in [6.07, 6.45) is 1.96. The van der Waals surface area contributed by atoms with E-state index in [4.69, 9.17) is 15.7 Å². The molecule has 0 aliphatic carbocycles. The monoisotopic (exact) mass is 369 g/mol. The lowest BCUT2D eigenvalue weighted by Gasteiger charge is -2.22. The standard InChI is InChI=1S/C20H27N5O2/c1-7-16(22)18(26)25-13(2)12-24-19(23-6)27-17-9-8-14(11-21)10-15(17)20(3,4)5/h8-10,12,16H,6-7,22H2,1-5H3,(H,25,26)/b13-12+,24-19+/t16-/m1/s1. The summed E-state index contributed by atoms with van der Waals surface area (Å²) in [5.74, 6) is 0.258. The number of aliphatic imine (C=N–C) groups is 2. The molecule has 0 fully saturated rings. The van der Waals surface area contributed by atoms with Crippen LogP contribution in [0.15, 0.2) is 40.1 Å². The van der Waals surface area contributed by atoms with E-state index in [1.165, 1.54) is 6.20 Å². The number of nitriles is 1. The lowest BCUT2D eigenvalue weighted by atomic mass is 9.85. The van der Waals surface area contributed by atoms with E-state index in [1.54, 1.807) is 25.1 Å². The van der Waals surface area contributed by atoms with Gasteiger partial charge in [0, 0.05) is 11.3 Å². The highest BCUT2D eigenvalue weighted by atomic mass is 16.5. The summed E-state index contributed by atoms with van der Waals surface area (Å²) in [5, 5.41) is 11.8. The van der Waals surface area contributed by atoms with E-state index >= 15 is 0 Å². The van der Waals surface area contributed by atoms with Crippen molar-refractivity contribution in [1.82, 2.24) is 5.32 Å². The molecule has 1 aromatic carbocycles. The molecule has 7 heteroatoms. The van der Waals surface area contributed by atoms with Crippen LogP contribution in [0.1, 0.15) is 52.2 Å². The highest BCUT2D eigenvalue weighted by Gasteiger charge is 2.20. The Hall–Kier alpha value is -2.98. The smallest absolute Gasteiger partial charge is 0.321 e. The van der Waals surface area contributed by atoms with Crippen molar-refractivity contribution in [3.8, 4) is 11.8 Å². The highest BCUT2D eigenvalue weighted by molar-refractivity contribution is 5.83. The fraction of sp³-hybridized carbons (Fsp3) is 0.400. The SMILES string of the molecule is C=N/C(=N\C=C(/C)NC(=O)[C@H](N)CC)Oc1ccc(C#N)cc1C(C)(C)C. The Morgan fingerprint density at radius 3 is 2.67 bits per heavy atom. The van der Waals surface area contributed by atoms with Gasteiger partial charge in [-0.15, -0.1) is 0 Å². The first-order chi connectivity index (χ1) is 12.6. The second-order valence-electron chi connectivity index (χ2n) is 7.06. The van der Waals surface area contributed by atoms with Gasteiger partial charge in [0.15, 0.2) is 0 Å². The molecule has 27 heavy (non-hydrogen) atoms. The molecule has 0 spiro atoms. The van der Waals surface area contributed by atoms with Crippen molar-refractivity contribution < 1.29 is 9.53 Å².